The smallest absolute Gasteiger partial charge is 0.310 e. The molecule has 0 bridgehead atoms. The van der Waals surface area contributed by atoms with E-state index in [1.165, 1.54) is 6.07 Å². The van der Waals surface area contributed by atoms with Gasteiger partial charge in [0.15, 0.2) is 5.92 Å². The first-order valence-electron chi connectivity index (χ1n) is 5.09. The molecule has 86 valence electrons. The Hall–Kier alpha value is -0.760. The summed E-state index contributed by atoms with van der Waals surface area (Å²) in [6, 6.07) is 1.30. The van der Waals surface area contributed by atoms with E-state index < -0.39 is 12.1 Å². The van der Waals surface area contributed by atoms with Gasteiger partial charge in [-0.05, 0) is 19.8 Å². The lowest BCUT2D eigenvalue weighted by Gasteiger charge is -2.27. The predicted molar refractivity (Wildman–Crippen MR) is 50.0 cm³/mol. The second-order valence-corrected chi connectivity index (χ2v) is 4.37. The SMILES string of the molecule is CC1(NCC(C#N)C(F)(F)F)CCCC1. The highest BCUT2D eigenvalue weighted by molar-refractivity contribution is 4.94. The van der Waals surface area contributed by atoms with Crippen LogP contribution in [0.2, 0.25) is 0 Å². The second-order valence-electron chi connectivity index (χ2n) is 4.37. The fourth-order valence-corrected chi connectivity index (χ4v) is 1.92. The Bertz CT molecular complexity index is 248. The minimum atomic E-state index is -4.42. The average Bonchev–Trinajstić information content (AvgIpc) is 2.51. The van der Waals surface area contributed by atoms with Gasteiger partial charge in [-0.3, -0.25) is 0 Å². The van der Waals surface area contributed by atoms with Crippen molar-refractivity contribution in [3.8, 4) is 6.07 Å². The van der Waals surface area contributed by atoms with Crippen molar-refractivity contribution < 1.29 is 13.2 Å². The molecule has 0 heterocycles. The number of rotatable bonds is 3. The zero-order valence-electron chi connectivity index (χ0n) is 8.69. The maximum Gasteiger partial charge on any atom is 0.405 e. The van der Waals surface area contributed by atoms with Gasteiger partial charge < -0.3 is 5.32 Å². The Kier molecular flexibility index (Phi) is 3.61. The molecular formula is C10H15F3N2. The van der Waals surface area contributed by atoms with Crippen molar-refractivity contribution in [3.63, 3.8) is 0 Å². The van der Waals surface area contributed by atoms with Crippen LogP contribution < -0.4 is 5.32 Å². The molecule has 0 aromatic carbocycles. The minimum Gasteiger partial charge on any atom is -0.310 e. The second kappa shape index (κ2) is 4.40. The van der Waals surface area contributed by atoms with Crippen LogP contribution >= 0.6 is 0 Å². The maximum atomic E-state index is 12.3. The summed E-state index contributed by atoms with van der Waals surface area (Å²) in [6.07, 6.45) is -0.539. The lowest BCUT2D eigenvalue weighted by atomic mass is 9.99. The highest BCUT2D eigenvalue weighted by Crippen LogP contribution is 2.30. The third-order valence-electron chi connectivity index (χ3n) is 2.99. The zero-order chi connectivity index (χ0) is 11.5. The van der Waals surface area contributed by atoms with Crippen LogP contribution in [0.1, 0.15) is 32.6 Å². The van der Waals surface area contributed by atoms with E-state index in [0.29, 0.717) is 0 Å². The molecule has 1 N–H and O–H groups in total. The summed E-state index contributed by atoms with van der Waals surface area (Å²) in [6.45, 7) is 1.63. The van der Waals surface area contributed by atoms with Gasteiger partial charge in [0.25, 0.3) is 0 Å². The fraction of sp³-hybridized carbons (Fsp3) is 0.900. The monoisotopic (exact) mass is 220 g/mol. The van der Waals surface area contributed by atoms with E-state index in [1.54, 1.807) is 0 Å². The molecule has 1 fully saturated rings. The highest BCUT2D eigenvalue weighted by Gasteiger charge is 2.41. The molecule has 0 saturated heterocycles. The van der Waals surface area contributed by atoms with E-state index >= 15 is 0 Å². The zero-order valence-corrected chi connectivity index (χ0v) is 8.69. The van der Waals surface area contributed by atoms with Crippen molar-refractivity contribution in [2.45, 2.75) is 44.3 Å². The molecule has 5 heteroatoms. The lowest BCUT2D eigenvalue weighted by molar-refractivity contribution is -0.158. The number of hydrogen-bond donors (Lipinski definition) is 1. The first kappa shape index (κ1) is 12.3. The third-order valence-corrected chi connectivity index (χ3v) is 2.99. The Morgan fingerprint density at radius 2 is 1.93 bits per heavy atom. The van der Waals surface area contributed by atoms with Gasteiger partial charge in [-0.1, -0.05) is 12.8 Å². The van der Waals surface area contributed by atoms with E-state index in [2.05, 4.69) is 5.32 Å². The molecule has 15 heavy (non-hydrogen) atoms. The first-order chi connectivity index (χ1) is 6.87. The minimum absolute atomic E-state index is 0.208. The molecule has 1 unspecified atom stereocenters. The molecule has 0 amide bonds. The van der Waals surface area contributed by atoms with Gasteiger partial charge in [-0.2, -0.15) is 18.4 Å². The Balaban J connectivity index is 2.45. The van der Waals surface area contributed by atoms with Gasteiger partial charge in [0, 0.05) is 12.1 Å². The number of nitrogens with one attached hydrogen (secondary N) is 1. The quantitative estimate of drug-likeness (QED) is 0.793. The van der Waals surface area contributed by atoms with E-state index in [9.17, 15) is 13.2 Å². The van der Waals surface area contributed by atoms with Gasteiger partial charge in [0.2, 0.25) is 0 Å². The van der Waals surface area contributed by atoms with Crippen LogP contribution in [0.3, 0.4) is 0 Å². The topological polar surface area (TPSA) is 35.8 Å². The summed E-state index contributed by atoms with van der Waals surface area (Å²) < 4.78 is 36.8. The lowest BCUT2D eigenvalue weighted by Crippen LogP contribution is -2.44. The van der Waals surface area contributed by atoms with Crippen LogP contribution in [0, 0.1) is 17.2 Å². The number of halogens is 3. The molecule has 0 radical (unpaired) electrons. The molecule has 1 rings (SSSR count). The predicted octanol–water partition coefficient (Wildman–Crippen LogP) is 2.61. The largest absolute Gasteiger partial charge is 0.405 e. The van der Waals surface area contributed by atoms with Crippen LogP contribution in [-0.2, 0) is 0 Å². The summed E-state index contributed by atoms with van der Waals surface area (Å²) in [5, 5.41) is 11.3. The van der Waals surface area contributed by atoms with Crippen molar-refractivity contribution >= 4 is 0 Å². The van der Waals surface area contributed by atoms with E-state index in [-0.39, 0.29) is 12.1 Å². The van der Waals surface area contributed by atoms with E-state index in [1.807, 2.05) is 6.92 Å². The summed E-state index contributed by atoms with van der Waals surface area (Å²) in [7, 11) is 0. The first-order valence-corrected chi connectivity index (χ1v) is 5.09. The van der Waals surface area contributed by atoms with Crippen LogP contribution in [0.25, 0.3) is 0 Å². The number of hydrogen-bond acceptors (Lipinski definition) is 2. The van der Waals surface area contributed by atoms with E-state index in [0.717, 1.165) is 25.7 Å². The molecule has 1 aliphatic rings. The molecule has 0 spiro atoms. The molecule has 1 aliphatic carbocycles. The molecule has 0 aliphatic heterocycles. The normalized spacial score (nSPS) is 22.3. The van der Waals surface area contributed by atoms with Gasteiger partial charge >= 0.3 is 6.18 Å². The molecule has 1 saturated carbocycles. The van der Waals surface area contributed by atoms with Gasteiger partial charge in [-0.15, -0.1) is 0 Å². The standard InChI is InChI=1S/C10H15F3N2/c1-9(4-2-3-5-9)15-7-8(6-14)10(11,12)13/h8,15H,2-5,7H2,1H3. The maximum absolute atomic E-state index is 12.3. The van der Waals surface area contributed by atoms with Crippen molar-refractivity contribution in [1.82, 2.24) is 5.32 Å². The van der Waals surface area contributed by atoms with Crippen LogP contribution in [-0.4, -0.2) is 18.3 Å². The fourth-order valence-electron chi connectivity index (χ4n) is 1.92. The third kappa shape index (κ3) is 3.38. The highest BCUT2D eigenvalue weighted by atomic mass is 19.4. The van der Waals surface area contributed by atoms with Crippen molar-refractivity contribution in [2.24, 2.45) is 5.92 Å². The van der Waals surface area contributed by atoms with Gasteiger partial charge in [0.05, 0.1) is 6.07 Å². The van der Waals surface area contributed by atoms with Crippen LogP contribution in [0.5, 0.6) is 0 Å². The molecular weight excluding hydrogens is 205 g/mol. The number of nitrogens with zero attached hydrogens (tertiary/aromatic N) is 1. The van der Waals surface area contributed by atoms with Gasteiger partial charge in [-0.25, -0.2) is 0 Å². The summed E-state index contributed by atoms with van der Waals surface area (Å²) in [5.41, 5.74) is -0.208. The average molecular weight is 220 g/mol. The molecule has 0 aromatic heterocycles. The molecule has 1 atom stereocenters. The number of nitriles is 1. The van der Waals surface area contributed by atoms with Crippen LogP contribution in [0.4, 0.5) is 13.2 Å². The molecule has 0 aromatic rings. The Morgan fingerprint density at radius 1 is 1.40 bits per heavy atom. The van der Waals surface area contributed by atoms with Gasteiger partial charge in [0.1, 0.15) is 0 Å². The number of alkyl halides is 3. The molecule has 2 nitrogen and oxygen atoms in total. The summed E-state index contributed by atoms with van der Waals surface area (Å²) >= 11 is 0. The Morgan fingerprint density at radius 3 is 2.33 bits per heavy atom. The van der Waals surface area contributed by atoms with Crippen molar-refractivity contribution in [2.75, 3.05) is 6.54 Å². The summed E-state index contributed by atoms with van der Waals surface area (Å²) in [5.74, 6) is -1.89. The van der Waals surface area contributed by atoms with Crippen molar-refractivity contribution in [1.29, 1.82) is 5.26 Å². The van der Waals surface area contributed by atoms with E-state index in [4.69, 9.17) is 5.26 Å². The van der Waals surface area contributed by atoms with Crippen molar-refractivity contribution in [3.05, 3.63) is 0 Å². The van der Waals surface area contributed by atoms with Crippen LogP contribution in [0.15, 0.2) is 0 Å². The Labute approximate surface area is 87.5 Å². The summed E-state index contributed by atoms with van der Waals surface area (Å²) in [4.78, 5) is 0.